The number of nitrogens with zero attached hydrogens (tertiary/aromatic N) is 6. The van der Waals surface area contributed by atoms with Crippen LogP contribution in [0.2, 0.25) is 0 Å². The first-order valence-corrected chi connectivity index (χ1v) is 11.6. The highest BCUT2D eigenvalue weighted by atomic mass is 79.9. The normalized spacial score (nSPS) is 20.4. The van der Waals surface area contributed by atoms with Crippen molar-refractivity contribution in [2.45, 2.75) is 6.54 Å². The third-order valence-corrected chi connectivity index (χ3v) is 6.62. The van der Waals surface area contributed by atoms with Crippen LogP contribution in [0.15, 0.2) is 17.0 Å². The molecule has 2 aromatic rings. The lowest BCUT2D eigenvalue weighted by atomic mass is 10.3. The first kappa shape index (κ1) is 19.1. The summed E-state index contributed by atoms with van der Waals surface area (Å²) in [5.41, 5.74) is 1.79. The lowest BCUT2D eigenvalue weighted by molar-refractivity contribution is 0.122. The van der Waals surface area contributed by atoms with E-state index in [2.05, 4.69) is 30.7 Å². The second-order valence-corrected chi connectivity index (χ2v) is 9.68. The summed E-state index contributed by atoms with van der Waals surface area (Å²) in [6.45, 7) is 6.15. The Morgan fingerprint density at radius 2 is 1.78 bits per heavy atom. The lowest BCUT2D eigenvalue weighted by Gasteiger charge is -2.32. The van der Waals surface area contributed by atoms with Gasteiger partial charge < -0.3 is 14.0 Å². The molecule has 0 saturated carbocycles. The van der Waals surface area contributed by atoms with E-state index < -0.39 is 10.0 Å². The second-order valence-electron chi connectivity index (χ2n) is 6.89. The van der Waals surface area contributed by atoms with Crippen molar-refractivity contribution in [3.05, 3.63) is 22.7 Å². The van der Waals surface area contributed by atoms with Gasteiger partial charge in [0.25, 0.3) is 0 Å². The van der Waals surface area contributed by atoms with Gasteiger partial charge in [0.1, 0.15) is 4.60 Å². The number of imidazole rings is 1. The molecule has 0 unspecified atom stereocenters. The van der Waals surface area contributed by atoms with Crippen LogP contribution in [-0.4, -0.2) is 90.7 Å². The van der Waals surface area contributed by atoms with Crippen molar-refractivity contribution in [1.29, 1.82) is 0 Å². The van der Waals surface area contributed by atoms with Gasteiger partial charge in [-0.2, -0.15) is 4.31 Å². The number of aromatic nitrogens is 3. The van der Waals surface area contributed by atoms with Gasteiger partial charge in [0.2, 0.25) is 10.0 Å². The zero-order valence-electron chi connectivity index (χ0n) is 15.2. The van der Waals surface area contributed by atoms with Crippen molar-refractivity contribution < 1.29 is 13.2 Å². The third-order valence-electron chi connectivity index (χ3n) is 4.94. The highest BCUT2D eigenvalue weighted by Crippen LogP contribution is 2.23. The van der Waals surface area contributed by atoms with E-state index in [1.165, 1.54) is 10.6 Å². The quantitative estimate of drug-likeness (QED) is 0.655. The number of sulfonamides is 1. The van der Waals surface area contributed by atoms with Gasteiger partial charge in [0, 0.05) is 58.2 Å². The zero-order chi connectivity index (χ0) is 19.0. The summed E-state index contributed by atoms with van der Waals surface area (Å²) in [6, 6.07) is 0. The van der Waals surface area contributed by atoms with Gasteiger partial charge in [-0.25, -0.2) is 18.4 Å². The van der Waals surface area contributed by atoms with Crippen molar-refractivity contribution in [3.63, 3.8) is 0 Å². The Morgan fingerprint density at radius 1 is 1.07 bits per heavy atom. The summed E-state index contributed by atoms with van der Waals surface area (Å²) in [7, 11) is -3.11. The van der Waals surface area contributed by atoms with Gasteiger partial charge in [0.05, 0.1) is 25.2 Å². The largest absolute Gasteiger partial charge is 0.378 e. The standard InChI is InChI=1S/C16H23BrN6O3S/c1-27(24,25)23-4-2-20(3-5-23)10-13-11-22-12-14(17)19-16(15(22)18-13)21-6-8-26-9-7-21/h11-12H,2-10H2,1H3. The second kappa shape index (κ2) is 7.63. The van der Waals surface area contributed by atoms with Crippen molar-refractivity contribution in [2.24, 2.45) is 0 Å². The highest BCUT2D eigenvalue weighted by Gasteiger charge is 2.24. The molecule has 0 atom stereocenters. The minimum absolute atomic E-state index is 0.526. The van der Waals surface area contributed by atoms with E-state index >= 15 is 0 Å². The van der Waals surface area contributed by atoms with E-state index in [-0.39, 0.29) is 0 Å². The van der Waals surface area contributed by atoms with E-state index in [9.17, 15) is 8.42 Å². The van der Waals surface area contributed by atoms with E-state index in [1.807, 2.05) is 16.8 Å². The first-order chi connectivity index (χ1) is 12.9. The summed E-state index contributed by atoms with van der Waals surface area (Å²) in [6.07, 6.45) is 5.20. The Labute approximate surface area is 167 Å². The number of piperazine rings is 1. The maximum absolute atomic E-state index is 11.7. The molecule has 0 aliphatic carbocycles. The molecule has 0 amide bonds. The summed E-state index contributed by atoms with van der Waals surface area (Å²) < 4.78 is 33.1. The van der Waals surface area contributed by atoms with Gasteiger partial charge in [-0.3, -0.25) is 4.90 Å². The Bertz CT molecular complexity index is 920. The van der Waals surface area contributed by atoms with Crippen LogP contribution in [0.3, 0.4) is 0 Å². The molecule has 2 aromatic heterocycles. The number of halogens is 1. The zero-order valence-corrected chi connectivity index (χ0v) is 17.6. The number of hydrogen-bond donors (Lipinski definition) is 0. The van der Waals surface area contributed by atoms with E-state index in [0.717, 1.165) is 34.9 Å². The fraction of sp³-hybridized carbons (Fsp3) is 0.625. The molecule has 0 spiro atoms. The third kappa shape index (κ3) is 4.27. The van der Waals surface area contributed by atoms with Crippen LogP contribution in [0, 0.1) is 0 Å². The maximum atomic E-state index is 11.7. The molecule has 11 heteroatoms. The predicted molar refractivity (Wildman–Crippen MR) is 105 cm³/mol. The summed E-state index contributed by atoms with van der Waals surface area (Å²) >= 11 is 3.49. The van der Waals surface area contributed by atoms with Gasteiger partial charge in [-0.15, -0.1) is 0 Å². The van der Waals surface area contributed by atoms with Crippen LogP contribution in [0.4, 0.5) is 5.82 Å². The molecule has 148 valence electrons. The molecular formula is C16H23BrN6O3S. The van der Waals surface area contributed by atoms with Crippen molar-refractivity contribution in [3.8, 4) is 0 Å². The van der Waals surface area contributed by atoms with Crippen molar-refractivity contribution in [1.82, 2.24) is 23.6 Å². The Balaban J connectivity index is 1.52. The van der Waals surface area contributed by atoms with Crippen molar-refractivity contribution >= 4 is 37.4 Å². The Morgan fingerprint density at radius 3 is 2.44 bits per heavy atom. The van der Waals surface area contributed by atoms with Crippen LogP contribution >= 0.6 is 15.9 Å². The Hall–Kier alpha value is -1.27. The number of rotatable bonds is 4. The fourth-order valence-corrected chi connectivity index (χ4v) is 4.73. The van der Waals surface area contributed by atoms with Crippen LogP contribution < -0.4 is 4.90 Å². The minimum Gasteiger partial charge on any atom is -0.378 e. The molecule has 4 heterocycles. The average molecular weight is 459 g/mol. The van der Waals surface area contributed by atoms with E-state index in [0.29, 0.717) is 45.9 Å². The van der Waals surface area contributed by atoms with Crippen LogP contribution in [0.25, 0.3) is 5.65 Å². The maximum Gasteiger partial charge on any atom is 0.211 e. The van der Waals surface area contributed by atoms with Crippen molar-refractivity contribution in [2.75, 3.05) is 63.6 Å². The summed E-state index contributed by atoms with van der Waals surface area (Å²) in [5, 5.41) is 0. The first-order valence-electron chi connectivity index (χ1n) is 8.94. The van der Waals surface area contributed by atoms with Crippen LogP contribution in [0.1, 0.15) is 5.69 Å². The monoisotopic (exact) mass is 458 g/mol. The number of anilines is 1. The minimum atomic E-state index is -3.11. The van der Waals surface area contributed by atoms with Crippen LogP contribution in [-0.2, 0) is 21.3 Å². The topological polar surface area (TPSA) is 83.3 Å². The highest BCUT2D eigenvalue weighted by molar-refractivity contribution is 9.10. The summed E-state index contributed by atoms with van der Waals surface area (Å²) in [4.78, 5) is 13.9. The number of ether oxygens (including phenoxy) is 1. The van der Waals surface area contributed by atoms with Gasteiger partial charge in [-0.05, 0) is 15.9 Å². The van der Waals surface area contributed by atoms with E-state index in [4.69, 9.17) is 9.72 Å². The molecule has 0 N–H and O–H groups in total. The molecule has 27 heavy (non-hydrogen) atoms. The molecular weight excluding hydrogens is 436 g/mol. The molecule has 2 aliphatic heterocycles. The molecule has 0 aromatic carbocycles. The van der Waals surface area contributed by atoms with Gasteiger partial charge in [-0.1, -0.05) is 0 Å². The fourth-order valence-electron chi connectivity index (χ4n) is 3.51. The number of fused-ring (bicyclic) bond motifs is 1. The molecule has 4 rings (SSSR count). The molecule has 9 nitrogen and oxygen atoms in total. The SMILES string of the molecule is CS(=O)(=O)N1CCN(Cc2cn3cc(Br)nc(N4CCOCC4)c3n2)CC1. The van der Waals surface area contributed by atoms with Gasteiger partial charge in [0.15, 0.2) is 11.5 Å². The molecule has 2 saturated heterocycles. The smallest absolute Gasteiger partial charge is 0.211 e. The molecule has 0 radical (unpaired) electrons. The number of hydrogen-bond acceptors (Lipinski definition) is 7. The molecule has 2 aliphatic rings. The van der Waals surface area contributed by atoms with Crippen LogP contribution in [0.5, 0.6) is 0 Å². The molecule has 2 fully saturated rings. The summed E-state index contributed by atoms with van der Waals surface area (Å²) in [5.74, 6) is 0.862. The van der Waals surface area contributed by atoms with E-state index in [1.54, 1.807) is 0 Å². The predicted octanol–water partition coefficient (Wildman–Crippen LogP) is 0.406. The van der Waals surface area contributed by atoms with Gasteiger partial charge >= 0.3 is 0 Å². The Kier molecular flexibility index (Phi) is 5.39. The average Bonchev–Trinajstić information content (AvgIpc) is 3.03. The molecule has 0 bridgehead atoms. The number of morpholine rings is 1. The lowest BCUT2D eigenvalue weighted by Crippen LogP contribution is -2.47.